The van der Waals surface area contributed by atoms with Crippen LogP contribution in [0.4, 0.5) is 0 Å². The number of hydrogen-bond donors (Lipinski definition) is 1. The second-order valence-electron chi connectivity index (χ2n) is 17.4. The molecule has 0 aliphatic heterocycles. The number of aromatic nitrogens is 3. The van der Waals surface area contributed by atoms with Gasteiger partial charge in [0.15, 0.2) is 0 Å². The molecule has 0 radical (unpaired) electrons. The normalized spacial score (nSPS) is 15.7. The molecule has 296 valence electrons. The fourth-order valence-corrected chi connectivity index (χ4v) is 7.49. The molecule has 0 fully saturated rings. The van der Waals surface area contributed by atoms with E-state index < -0.39 is 49.0 Å². The largest absolute Gasteiger partial charge is 0.507 e. The lowest BCUT2D eigenvalue weighted by Crippen LogP contribution is -2.17. The van der Waals surface area contributed by atoms with Gasteiger partial charge in [-0.1, -0.05) is 159 Å². The van der Waals surface area contributed by atoms with Crippen LogP contribution >= 0.6 is 0 Å². The van der Waals surface area contributed by atoms with Gasteiger partial charge in [0.25, 0.3) is 0 Å². The number of phenols is 1. The predicted octanol–water partition coefficient (Wildman–Crippen LogP) is 14.7. The highest BCUT2D eigenvalue weighted by Crippen LogP contribution is 2.45. The van der Waals surface area contributed by atoms with Gasteiger partial charge in [-0.3, -0.25) is 9.55 Å². The number of nitrogens with zero attached hydrogens (tertiary/aromatic N) is 3. The van der Waals surface area contributed by atoms with Crippen LogP contribution in [0.3, 0.4) is 0 Å². The Morgan fingerprint density at radius 2 is 1.24 bits per heavy atom. The molecule has 6 aromatic carbocycles. The summed E-state index contributed by atoms with van der Waals surface area (Å²) in [5, 5.41) is 12.4. The van der Waals surface area contributed by atoms with Crippen molar-refractivity contribution < 1.29 is 20.2 Å². The van der Waals surface area contributed by atoms with Crippen molar-refractivity contribution in [1.82, 2.24) is 14.5 Å². The molecule has 2 aromatic heterocycles. The number of phenolic OH excluding ortho intramolecular Hbond substituents is 1. The third-order valence-corrected chi connectivity index (χ3v) is 10.8. The van der Waals surface area contributed by atoms with Gasteiger partial charge >= 0.3 is 0 Å². The van der Waals surface area contributed by atoms with Crippen LogP contribution in [0, 0.1) is 6.92 Å². The highest BCUT2D eigenvalue weighted by molar-refractivity contribution is 5.97. The Bertz CT molecular complexity index is 3230. The van der Waals surface area contributed by atoms with Crippen LogP contribution < -0.4 is 0 Å². The maximum absolute atomic E-state index is 12.4. The van der Waals surface area contributed by atoms with E-state index >= 15 is 0 Å². The summed E-state index contributed by atoms with van der Waals surface area (Å²) in [6.07, 6.45) is 1.50. The third-order valence-electron chi connectivity index (χ3n) is 10.8. The molecule has 2 heterocycles. The Labute approximate surface area is 365 Å². The summed E-state index contributed by atoms with van der Waals surface area (Å²) in [6.45, 7) is 2.92. The fourth-order valence-electron chi connectivity index (χ4n) is 7.49. The van der Waals surface area contributed by atoms with Gasteiger partial charge in [0.1, 0.15) is 11.6 Å². The van der Waals surface area contributed by atoms with E-state index in [1.54, 1.807) is 24.3 Å². The van der Waals surface area contributed by atoms with E-state index in [0.29, 0.717) is 33.7 Å². The lowest BCUT2D eigenvalue weighted by atomic mass is 9.79. The van der Waals surface area contributed by atoms with Crippen LogP contribution in [0.2, 0.25) is 0 Å². The van der Waals surface area contributed by atoms with Gasteiger partial charge in [0.05, 0.1) is 25.0 Å². The zero-order valence-electron chi connectivity index (χ0n) is 45.5. The monoisotopic (exact) mass is 785 g/mol. The molecule has 0 saturated carbocycles. The number of aromatic hydroxyl groups is 1. The number of imidazole rings is 1. The van der Waals surface area contributed by atoms with Gasteiger partial charge in [-0.05, 0) is 111 Å². The highest BCUT2D eigenvalue weighted by atomic mass is 16.3. The van der Waals surface area contributed by atoms with Gasteiger partial charge in [-0.2, -0.15) is 0 Å². The molecule has 0 spiro atoms. The smallest absolute Gasteiger partial charge is 0.149 e. The molecule has 4 nitrogen and oxygen atoms in total. The number of aryl methyl sites for hydroxylation is 1. The molecule has 0 unspecified atom stereocenters. The predicted molar refractivity (Wildman–Crippen MR) is 249 cm³/mol. The van der Waals surface area contributed by atoms with Crippen LogP contribution in [0.15, 0.2) is 146 Å². The maximum Gasteiger partial charge on any atom is 0.149 e. The van der Waals surface area contributed by atoms with E-state index in [0.717, 1.165) is 27.8 Å². The zero-order valence-corrected chi connectivity index (χ0v) is 34.5. The number of pyridine rings is 1. The molecule has 0 atom stereocenters. The number of benzene rings is 6. The van der Waals surface area contributed by atoms with Crippen molar-refractivity contribution in [3.8, 4) is 67.5 Å². The van der Waals surface area contributed by atoms with Crippen molar-refractivity contribution in [2.24, 2.45) is 0 Å². The molecule has 8 aromatic rings. The average Bonchev–Trinajstić information content (AvgIpc) is 3.66. The fraction of sp³-hybridized carbons (Fsp3) is 0.236. The van der Waals surface area contributed by atoms with E-state index in [-0.39, 0.29) is 39.1 Å². The number of hydrogen-bond acceptors (Lipinski definition) is 3. The second kappa shape index (κ2) is 14.8. The summed E-state index contributed by atoms with van der Waals surface area (Å²) < 4.78 is 100. The van der Waals surface area contributed by atoms with Gasteiger partial charge in [0, 0.05) is 40.9 Å². The lowest BCUT2D eigenvalue weighted by Gasteiger charge is -2.27. The van der Waals surface area contributed by atoms with Gasteiger partial charge < -0.3 is 5.11 Å². The van der Waals surface area contributed by atoms with Crippen molar-refractivity contribution in [2.75, 3.05) is 0 Å². The molecule has 59 heavy (non-hydrogen) atoms. The van der Waals surface area contributed by atoms with Crippen molar-refractivity contribution in [3.63, 3.8) is 0 Å². The zero-order chi connectivity index (χ0) is 51.1. The average molecular weight is 785 g/mol. The van der Waals surface area contributed by atoms with Crippen molar-refractivity contribution in [1.29, 1.82) is 0 Å². The Hall–Kier alpha value is -6.26. The van der Waals surface area contributed by atoms with Crippen LogP contribution in [-0.2, 0) is 16.2 Å². The maximum atomic E-state index is 12.4. The van der Waals surface area contributed by atoms with E-state index in [1.807, 2.05) is 129 Å². The number of fused-ring (bicyclic) bond motifs is 1. The van der Waals surface area contributed by atoms with Crippen molar-refractivity contribution in [2.45, 2.75) is 85.3 Å². The van der Waals surface area contributed by atoms with E-state index in [2.05, 4.69) is 25.8 Å². The number of para-hydroxylation sites is 1. The van der Waals surface area contributed by atoms with Crippen LogP contribution in [0.5, 0.6) is 5.75 Å². The highest BCUT2D eigenvalue weighted by Gasteiger charge is 2.29. The Kier molecular flexibility index (Phi) is 7.10. The molecular formula is C55H55N3O. The minimum Gasteiger partial charge on any atom is -0.507 e. The Morgan fingerprint density at radius 3 is 1.92 bits per heavy atom. The summed E-state index contributed by atoms with van der Waals surface area (Å²) in [5.41, 5.74) is 2.58. The standard InChI is InChI=1S/C55H55N3O/c1-35-19-21-38(22-20-35)39-27-28-56-48(32-39)41-29-40(30-42(31-41)53(2,3)4)45-17-14-18-49-50(45)57-52(46-33-43(54(5,6)7)34-47(51(46)59)55(8,9)10)58(49)44-25-23-37(24-26-44)36-15-12-11-13-16-36/h11-34,59H,1-10H3/i2D3,3D3,4D3,30D,31D. The van der Waals surface area contributed by atoms with Crippen molar-refractivity contribution in [3.05, 3.63) is 168 Å². The van der Waals surface area contributed by atoms with E-state index in [1.165, 1.54) is 12.3 Å². The molecule has 1 N–H and O–H groups in total. The molecule has 0 aliphatic rings. The second-order valence-corrected chi connectivity index (χ2v) is 17.4. The van der Waals surface area contributed by atoms with Gasteiger partial charge in [-0.25, -0.2) is 4.98 Å². The third kappa shape index (κ3) is 7.84. The van der Waals surface area contributed by atoms with Crippen LogP contribution in [0.25, 0.3) is 72.7 Å². The quantitative estimate of drug-likeness (QED) is 0.183. The van der Waals surface area contributed by atoms with E-state index in [9.17, 15) is 7.85 Å². The Morgan fingerprint density at radius 1 is 0.576 bits per heavy atom. The lowest BCUT2D eigenvalue weighted by molar-refractivity contribution is 0.446. The molecule has 8 rings (SSSR count). The molecule has 0 bridgehead atoms. The van der Waals surface area contributed by atoms with Crippen LogP contribution in [0.1, 0.15) is 99.4 Å². The summed E-state index contributed by atoms with van der Waals surface area (Å²) in [5.74, 6) is 0.351. The minimum absolute atomic E-state index is 0.0150. The summed E-state index contributed by atoms with van der Waals surface area (Å²) in [6, 6.07) is 37.9. The molecule has 0 aliphatic carbocycles. The van der Waals surface area contributed by atoms with Gasteiger partial charge in [0.2, 0.25) is 0 Å². The summed E-state index contributed by atoms with van der Waals surface area (Å²) in [4.78, 5) is 9.90. The topological polar surface area (TPSA) is 50.9 Å². The number of rotatable bonds is 6. The first-order valence-electron chi connectivity index (χ1n) is 25.3. The van der Waals surface area contributed by atoms with Crippen molar-refractivity contribution >= 4 is 11.0 Å². The molecular weight excluding hydrogens is 719 g/mol. The molecule has 0 amide bonds. The molecule has 0 saturated heterocycles. The first-order chi connectivity index (χ1) is 32.6. The summed E-state index contributed by atoms with van der Waals surface area (Å²) in [7, 11) is 0. The summed E-state index contributed by atoms with van der Waals surface area (Å²) >= 11 is 0. The SMILES string of the molecule is [2H]c1c(-c2cc(-c3ccc(C)cc3)ccn2)cc(-c2cccc3c2nc(-c2cc(C(C)(C)C)cc(C(C)(C)C)c2O)n3-c2ccc(-c3ccccc3)cc2)c([2H])c1C(C([2H])([2H])[2H])(C([2H])([2H])[2H])C([2H])([2H])[2H]. The first kappa shape index (κ1) is 28.2. The van der Waals surface area contributed by atoms with Gasteiger partial charge in [-0.15, -0.1) is 0 Å². The van der Waals surface area contributed by atoms with Crippen LogP contribution in [-0.4, -0.2) is 19.6 Å². The first-order valence-corrected chi connectivity index (χ1v) is 19.8. The van der Waals surface area contributed by atoms with E-state index in [4.69, 9.17) is 17.3 Å². The Balaban J connectivity index is 1.52. The minimum atomic E-state index is -3.78. The molecule has 4 heteroatoms.